The zero-order valence-electron chi connectivity index (χ0n) is 20.6. The fourth-order valence-corrected chi connectivity index (χ4v) is 4.70. The number of carbonyl (C=O) groups excluding carboxylic acids is 2. The van der Waals surface area contributed by atoms with Gasteiger partial charge in [0.2, 0.25) is 10.0 Å². The molecule has 0 aliphatic carbocycles. The Morgan fingerprint density at radius 2 is 1.42 bits per heavy atom. The molecule has 4 aromatic rings. The highest BCUT2D eigenvalue weighted by molar-refractivity contribution is 7.92. The summed E-state index contributed by atoms with van der Waals surface area (Å²) in [5, 5.41) is 5.60. The summed E-state index contributed by atoms with van der Waals surface area (Å²) in [5.74, 6) is -1.32. The van der Waals surface area contributed by atoms with Crippen molar-refractivity contribution in [2.75, 3.05) is 15.9 Å². The van der Waals surface area contributed by atoms with Crippen molar-refractivity contribution in [1.29, 1.82) is 0 Å². The lowest BCUT2D eigenvalue weighted by Gasteiger charge is -2.23. The highest BCUT2D eigenvalue weighted by Gasteiger charge is 2.20. The number of rotatable bonds is 9. The van der Waals surface area contributed by atoms with E-state index in [9.17, 15) is 22.4 Å². The van der Waals surface area contributed by atoms with Crippen LogP contribution >= 0.6 is 0 Å². The van der Waals surface area contributed by atoms with Crippen molar-refractivity contribution in [1.82, 2.24) is 5.32 Å². The van der Waals surface area contributed by atoms with Gasteiger partial charge >= 0.3 is 0 Å². The quantitative estimate of drug-likeness (QED) is 0.319. The maximum atomic E-state index is 14.2. The van der Waals surface area contributed by atoms with Gasteiger partial charge in [-0.25, -0.2) is 12.8 Å². The van der Waals surface area contributed by atoms with E-state index in [1.54, 1.807) is 30.3 Å². The Labute approximate surface area is 221 Å². The van der Waals surface area contributed by atoms with Crippen molar-refractivity contribution in [3.8, 4) is 0 Å². The zero-order valence-corrected chi connectivity index (χ0v) is 21.4. The van der Waals surface area contributed by atoms with Crippen LogP contribution in [0.25, 0.3) is 0 Å². The largest absolute Gasteiger partial charge is 0.348 e. The van der Waals surface area contributed by atoms with E-state index in [1.807, 2.05) is 30.3 Å². The molecule has 0 heterocycles. The molecule has 4 rings (SSSR count). The van der Waals surface area contributed by atoms with Crippen LogP contribution in [0, 0.1) is 5.82 Å². The van der Waals surface area contributed by atoms with E-state index in [4.69, 9.17) is 0 Å². The third kappa shape index (κ3) is 6.63. The van der Waals surface area contributed by atoms with Crippen molar-refractivity contribution in [2.24, 2.45) is 0 Å². The SMILES string of the molecule is CS(=O)(=O)N(Cc1ccccc1F)c1ccc(C(=O)Nc2ccccc2C(=O)NCc2ccccc2)cc1. The zero-order chi connectivity index (χ0) is 27.1. The van der Waals surface area contributed by atoms with Crippen molar-refractivity contribution < 1.29 is 22.4 Å². The minimum absolute atomic E-state index is 0.192. The minimum atomic E-state index is -3.73. The molecule has 0 bridgehead atoms. The summed E-state index contributed by atoms with van der Waals surface area (Å²) in [6, 6.07) is 28.0. The molecule has 2 N–H and O–H groups in total. The monoisotopic (exact) mass is 531 g/mol. The lowest BCUT2D eigenvalue weighted by atomic mass is 10.1. The van der Waals surface area contributed by atoms with Crippen molar-refractivity contribution in [2.45, 2.75) is 13.1 Å². The molecule has 9 heteroatoms. The summed E-state index contributed by atoms with van der Waals surface area (Å²) in [5.41, 5.74) is 2.36. The second kappa shape index (κ2) is 11.7. The summed E-state index contributed by atoms with van der Waals surface area (Å²) < 4.78 is 40.1. The average Bonchev–Trinajstić information content (AvgIpc) is 2.91. The van der Waals surface area contributed by atoms with E-state index in [-0.39, 0.29) is 29.3 Å². The van der Waals surface area contributed by atoms with Crippen LogP contribution < -0.4 is 14.9 Å². The van der Waals surface area contributed by atoms with Crippen LogP contribution in [0.2, 0.25) is 0 Å². The maximum absolute atomic E-state index is 14.2. The fourth-order valence-electron chi connectivity index (χ4n) is 3.82. The predicted molar refractivity (Wildman–Crippen MR) is 146 cm³/mol. The molecule has 0 aliphatic rings. The van der Waals surface area contributed by atoms with Crippen LogP contribution in [0.5, 0.6) is 0 Å². The van der Waals surface area contributed by atoms with E-state index in [2.05, 4.69) is 10.6 Å². The fraction of sp³-hybridized carbons (Fsp3) is 0.103. The average molecular weight is 532 g/mol. The second-order valence-electron chi connectivity index (χ2n) is 8.58. The molecule has 0 unspecified atom stereocenters. The van der Waals surface area contributed by atoms with Crippen LogP contribution in [0.3, 0.4) is 0 Å². The normalized spacial score (nSPS) is 11.0. The molecule has 0 saturated carbocycles. The molecular weight excluding hydrogens is 505 g/mol. The number of hydrogen-bond donors (Lipinski definition) is 2. The van der Waals surface area contributed by atoms with Crippen LogP contribution in [-0.2, 0) is 23.1 Å². The lowest BCUT2D eigenvalue weighted by Crippen LogP contribution is -2.29. The molecule has 7 nitrogen and oxygen atoms in total. The Hall–Kier alpha value is -4.50. The number of para-hydroxylation sites is 1. The number of anilines is 2. The summed E-state index contributed by atoms with van der Waals surface area (Å²) in [4.78, 5) is 25.8. The number of hydrogen-bond acceptors (Lipinski definition) is 4. The molecule has 4 aromatic carbocycles. The summed E-state index contributed by atoms with van der Waals surface area (Å²) >= 11 is 0. The van der Waals surface area contributed by atoms with Gasteiger partial charge in [-0.05, 0) is 48.0 Å². The molecule has 38 heavy (non-hydrogen) atoms. The molecule has 194 valence electrons. The molecule has 0 radical (unpaired) electrons. The number of nitrogens with one attached hydrogen (secondary N) is 2. The first kappa shape index (κ1) is 26.6. The topological polar surface area (TPSA) is 95.6 Å². The van der Waals surface area contributed by atoms with Gasteiger partial charge in [-0.2, -0.15) is 0 Å². The van der Waals surface area contributed by atoms with Gasteiger partial charge in [-0.3, -0.25) is 13.9 Å². The third-order valence-corrected chi connectivity index (χ3v) is 6.95. The van der Waals surface area contributed by atoms with Gasteiger partial charge in [0, 0.05) is 17.7 Å². The number of carbonyl (C=O) groups is 2. The lowest BCUT2D eigenvalue weighted by molar-refractivity contribution is 0.0951. The second-order valence-corrected chi connectivity index (χ2v) is 10.5. The van der Waals surface area contributed by atoms with Crippen LogP contribution in [-0.4, -0.2) is 26.5 Å². The molecular formula is C29H26FN3O4S. The van der Waals surface area contributed by atoms with Crippen molar-refractivity contribution >= 4 is 33.2 Å². The molecule has 0 aromatic heterocycles. The maximum Gasteiger partial charge on any atom is 0.255 e. The van der Waals surface area contributed by atoms with E-state index >= 15 is 0 Å². The predicted octanol–water partition coefficient (Wildman–Crippen LogP) is 4.97. The standard InChI is InChI=1S/C29H26FN3O4S/c1-38(36,37)33(20-23-11-5-7-13-26(23)30)24-17-15-22(16-18-24)28(34)32-27-14-8-6-12-25(27)29(35)31-19-21-9-3-2-4-10-21/h2-18H,19-20H2,1H3,(H,31,35)(H,32,34). The first-order valence-corrected chi connectivity index (χ1v) is 13.6. The first-order chi connectivity index (χ1) is 18.2. The van der Waals surface area contributed by atoms with Crippen LogP contribution in [0.4, 0.5) is 15.8 Å². The minimum Gasteiger partial charge on any atom is -0.348 e. The number of amides is 2. The van der Waals surface area contributed by atoms with E-state index < -0.39 is 21.7 Å². The van der Waals surface area contributed by atoms with Gasteiger partial charge in [0.25, 0.3) is 11.8 Å². The Morgan fingerprint density at radius 1 is 0.789 bits per heavy atom. The van der Waals surface area contributed by atoms with Gasteiger partial charge in [-0.15, -0.1) is 0 Å². The number of nitrogens with zero attached hydrogens (tertiary/aromatic N) is 1. The van der Waals surface area contributed by atoms with E-state index in [0.717, 1.165) is 16.1 Å². The molecule has 0 spiro atoms. The summed E-state index contributed by atoms with van der Waals surface area (Å²) in [6.45, 7) is 0.148. The number of benzene rings is 4. The van der Waals surface area contributed by atoms with Gasteiger partial charge in [0.05, 0.1) is 29.7 Å². The summed E-state index contributed by atoms with van der Waals surface area (Å²) in [6.07, 6.45) is 1.04. The highest BCUT2D eigenvalue weighted by atomic mass is 32.2. The molecule has 0 aliphatic heterocycles. The Bertz CT molecular complexity index is 1540. The van der Waals surface area contributed by atoms with Crippen LogP contribution in [0.1, 0.15) is 31.8 Å². The first-order valence-electron chi connectivity index (χ1n) is 11.8. The van der Waals surface area contributed by atoms with Gasteiger partial charge in [-0.1, -0.05) is 60.7 Å². The number of halogens is 1. The third-order valence-electron chi connectivity index (χ3n) is 5.81. The number of sulfonamides is 1. The van der Waals surface area contributed by atoms with Gasteiger partial charge in [0.1, 0.15) is 5.82 Å². The molecule has 0 atom stereocenters. The van der Waals surface area contributed by atoms with Crippen molar-refractivity contribution in [3.05, 3.63) is 131 Å². The molecule has 0 fully saturated rings. The smallest absolute Gasteiger partial charge is 0.255 e. The Morgan fingerprint density at radius 3 is 2.11 bits per heavy atom. The van der Waals surface area contributed by atoms with Crippen molar-refractivity contribution in [3.63, 3.8) is 0 Å². The highest BCUT2D eigenvalue weighted by Crippen LogP contribution is 2.23. The summed E-state index contributed by atoms with van der Waals surface area (Å²) in [7, 11) is -3.73. The van der Waals surface area contributed by atoms with E-state index in [1.165, 1.54) is 42.5 Å². The molecule has 2 amide bonds. The van der Waals surface area contributed by atoms with Gasteiger partial charge < -0.3 is 10.6 Å². The van der Waals surface area contributed by atoms with Gasteiger partial charge in [0.15, 0.2) is 0 Å². The Kier molecular flexibility index (Phi) is 8.18. The van der Waals surface area contributed by atoms with Crippen LogP contribution in [0.15, 0.2) is 103 Å². The van der Waals surface area contributed by atoms with E-state index in [0.29, 0.717) is 17.8 Å². The molecule has 0 saturated heterocycles. The Balaban J connectivity index is 1.48.